The molecule has 3 nitrogen and oxygen atoms in total. The maximum Gasteiger partial charge on any atom is 0.0471 e. The highest BCUT2D eigenvalue weighted by Gasteiger charge is 2.00. The maximum absolute atomic E-state index is 8.87. The predicted octanol–water partition coefficient (Wildman–Crippen LogP) is 3.77. The van der Waals surface area contributed by atoms with Gasteiger partial charge in [0.2, 0.25) is 0 Å². The van der Waals surface area contributed by atoms with E-state index < -0.39 is 0 Å². The molecule has 0 saturated heterocycles. The molecule has 2 aromatic rings. The molecule has 0 radical (unpaired) electrons. The molecule has 0 unspecified atom stereocenters. The summed E-state index contributed by atoms with van der Waals surface area (Å²) in [5, 5.41) is 20.9. The molecule has 3 heteroatoms. The predicted molar refractivity (Wildman–Crippen MR) is 77.9 cm³/mol. The fourth-order valence-electron chi connectivity index (χ4n) is 1.81. The number of aliphatic hydroxyl groups excluding tert-OH is 1. The zero-order chi connectivity index (χ0) is 14.1. The van der Waals surface area contributed by atoms with Crippen LogP contribution in [-0.4, -0.2) is 22.2 Å². The molecule has 0 aliphatic rings. The first kappa shape index (κ1) is 15.1. The molecule has 0 saturated carbocycles. The molecule has 2 aromatic carbocycles. The summed E-state index contributed by atoms with van der Waals surface area (Å²) in [6, 6.07) is 18.6. The quantitative estimate of drug-likeness (QED) is 0.578. The van der Waals surface area contributed by atoms with Gasteiger partial charge in [-0.05, 0) is 28.7 Å². The van der Waals surface area contributed by atoms with Gasteiger partial charge in [-0.2, -0.15) is 0 Å². The van der Waals surface area contributed by atoms with E-state index in [4.69, 9.17) is 15.6 Å². The van der Waals surface area contributed by atoms with Gasteiger partial charge < -0.3 is 5.11 Å². The molecule has 0 amide bonds. The van der Waals surface area contributed by atoms with E-state index in [2.05, 4.69) is 43.0 Å². The second kappa shape index (κ2) is 8.21. The fraction of sp³-hybridized carbons (Fsp3) is 0.125. The minimum Gasteiger partial charge on any atom is -0.396 e. The lowest BCUT2D eigenvalue weighted by Crippen LogP contribution is -1.87. The van der Waals surface area contributed by atoms with E-state index in [1.54, 1.807) is 0 Å². The standard InChI is InChI=1S/C16H16O.H2O2/c1-13(11-12-17)14-7-9-16(10-8-14)15-5-3-2-4-6-15;1-2/h2-10,17H,1,11-12H2;1-2H. The third-order valence-corrected chi connectivity index (χ3v) is 2.81. The van der Waals surface area contributed by atoms with Gasteiger partial charge in [0.25, 0.3) is 0 Å². The fourth-order valence-corrected chi connectivity index (χ4v) is 1.81. The van der Waals surface area contributed by atoms with Crippen molar-refractivity contribution in [2.75, 3.05) is 6.61 Å². The second-order valence-corrected chi connectivity index (χ2v) is 4.02. The van der Waals surface area contributed by atoms with Crippen LogP contribution in [-0.2, 0) is 0 Å². The lowest BCUT2D eigenvalue weighted by atomic mass is 10.00. The van der Waals surface area contributed by atoms with Gasteiger partial charge in [-0.1, -0.05) is 61.2 Å². The maximum atomic E-state index is 8.87. The molecular formula is C16H18O3. The van der Waals surface area contributed by atoms with Crippen molar-refractivity contribution in [3.8, 4) is 11.1 Å². The smallest absolute Gasteiger partial charge is 0.0471 e. The third kappa shape index (κ3) is 4.34. The third-order valence-electron chi connectivity index (χ3n) is 2.81. The number of hydrogen-bond acceptors (Lipinski definition) is 3. The molecule has 0 spiro atoms. The molecule has 0 heterocycles. The van der Waals surface area contributed by atoms with Gasteiger partial charge in [-0.15, -0.1) is 0 Å². The van der Waals surface area contributed by atoms with E-state index in [0.717, 1.165) is 11.1 Å². The van der Waals surface area contributed by atoms with Gasteiger partial charge in [0.05, 0.1) is 0 Å². The Morgan fingerprint density at radius 3 is 1.89 bits per heavy atom. The molecule has 0 aliphatic carbocycles. The number of hydrogen-bond donors (Lipinski definition) is 3. The Hall–Kier alpha value is -1.94. The minimum atomic E-state index is 0.152. The van der Waals surface area contributed by atoms with Crippen LogP contribution in [0.2, 0.25) is 0 Å². The minimum absolute atomic E-state index is 0.152. The van der Waals surface area contributed by atoms with Crippen molar-refractivity contribution >= 4 is 5.57 Å². The van der Waals surface area contributed by atoms with Crippen molar-refractivity contribution in [2.24, 2.45) is 0 Å². The highest BCUT2D eigenvalue weighted by molar-refractivity contribution is 5.69. The number of aliphatic hydroxyl groups is 1. The summed E-state index contributed by atoms with van der Waals surface area (Å²) in [7, 11) is 0. The van der Waals surface area contributed by atoms with Crippen LogP contribution in [0, 0.1) is 0 Å². The summed E-state index contributed by atoms with van der Waals surface area (Å²) in [6.07, 6.45) is 0.630. The Labute approximate surface area is 113 Å². The summed E-state index contributed by atoms with van der Waals surface area (Å²) >= 11 is 0. The van der Waals surface area contributed by atoms with Gasteiger partial charge >= 0.3 is 0 Å². The van der Waals surface area contributed by atoms with Crippen LogP contribution in [0.1, 0.15) is 12.0 Å². The summed E-state index contributed by atoms with van der Waals surface area (Å²) in [4.78, 5) is 0. The lowest BCUT2D eigenvalue weighted by molar-refractivity contribution is -0.176. The molecule has 19 heavy (non-hydrogen) atoms. The van der Waals surface area contributed by atoms with E-state index in [0.29, 0.717) is 6.42 Å². The average Bonchev–Trinajstić information content (AvgIpc) is 2.51. The average molecular weight is 258 g/mol. The van der Waals surface area contributed by atoms with Crippen LogP contribution in [0.4, 0.5) is 0 Å². The second-order valence-electron chi connectivity index (χ2n) is 4.02. The Morgan fingerprint density at radius 1 is 0.842 bits per heavy atom. The highest BCUT2D eigenvalue weighted by atomic mass is 17.0. The van der Waals surface area contributed by atoms with Crippen LogP contribution in [0.25, 0.3) is 16.7 Å². The monoisotopic (exact) mass is 258 g/mol. The lowest BCUT2D eigenvalue weighted by Gasteiger charge is -2.06. The largest absolute Gasteiger partial charge is 0.396 e. The van der Waals surface area contributed by atoms with Crippen LogP contribution in [0.15, 0.2) is 61.2 Å². The Bertz CT molecular complexity index is 489. The SMILES string of the molecule is C=C(CCO)c1ccc(-c2ccccc2)cc1.OO. The Morgan fingerprint density at radius 2 is 1.37 bits per heavy atom. The first-order valence-corrected chi connectivity index (χ1v) is 5.96. The van der Waals surface area contributed by atoms with Crippen LogP contribution < -0.4 is 0 Å². The summed E-state index contributed by atoms with van der Waals surface area (Å²) in [5.41, 5.74) is 4.49. The molecule has 0 aromatic heterocycles. The summed E-state index contributed by atoms with van der Waals surface area (Å²) < 4.78 is 0. The van der Waals surface area contributed by atoms with E-state index >= 15 is 0 Å². The van der Waals surface area contributed by atoms with Crippen molar-refractivity contribution < 1.29 is 15.6 Å². The van der Waals surface area contributed by atoms with Gasteiger partial charge in [0.15, 0.2) is 0 Å². The van der Waals surface area contributed by atoms with Crippen LogP contribution >= 0.6 is 0 Å². The van der Waals surface area contributed by atoms with Crippen molar-refractivity contribution in [2.45, 2.75) is 6.42 Å². The molecule has 0 fully saturated rings. The first-order valence-electron chi connectivity index (χ1n) is 5.96. The summed E-state index contributed by atoms with van der Waals surface area (Å²) in [5.74, 6) is 0. The normalized spacial score (nSPS) is 9.42. The zero-order valence-corrected chi connectivity index (χ0v) is 10.7. The van der Waals surface area contributed by atoms with Crippen molar-refractivity contribution in [3.63, 3.8) is 0 Å². The molecular weight excluding hydrogens is 240 g/mol. The number of benzene rings is 2. The first-order chi connectivity index (χ1) is 9.31. The Kier molecular flexibility index (Phi) is 6.53. The molecule has 0 bridgehead atoms. The topological polar surface area (TPSA) is 60.7 Å². The molecule has 0 aliphatic heterocycles. The van der Waals surface area contributed by atoms with Gasteiger partial charge in [0, 0.05) is 6.61 Å². The van der Waals surface area contributed by atoms with E-state index in [9.17, 15) is 0 Å². The van der Waals surface area contributed by atoms with Crippen molar-refractivity contribution in [1.29, 1.82) is 0 Å². The van der Waals surface area contributed by atoms with Crippen LogP contribution in [0.5, 0.6) is 0 Å². The molecule has 3 N–H and O–H groups in total. The number of rotatable bonds is 4. The van der Waals surface area contributed by atoms with E-state index in [1.807, 2.05) is 18.2 Å². The van der Waals surface area contributed by atoms with Gasteiger partial charge in [-0.25, -0.2) is 0 Å². The zero-order valence-electron chi connectivity index (χ0n) is 10.7. The highest BCUT2D eigenvalue weighted by Crippen LogP contribution is 2.22. The van der Waals surface area contributed by atoms with E-state index in [1.165, 1.54) is 11.1 Å². The van der Waals surface area contributed by atoms with Crippen molar-refractivity contribution in [3.05, 3.63) is 66.7 Å². The summed E-state index contributed by atoms with van der Waals surface area (Å²) in [6.45, 7) is 4.11. The van der Waals surface area contributed by atoms with Crippen molar-refractivity contribution in [1.82, 2.24) is 0 Å². The Balaban J connectivity index is 0.000000861. The van der Waals surface area contributed by atoms with Crippen LogP contribution in [0.3, 0.4) is 0 Å². The van der Waals surface area contributed by atoms with E-state index in [-0.39, 0.29) is 6.61 Å². The molecule has 0 atom stereocenters. The molecule has 2 rings (SSSR count). The van der Waals surface area contributed by atoms with Gasteiger partial charge in [0.1, 0.15) is 0 Å². The molecule has 100 valence electrons. The van der Waals surface area contributed by atoms with Gasteiger partial charge in [-0.3, -0.25) is 10.5 Å².